The van der Waals surface area contributed by atoms with E-state index in [1.165, 1.54) is 19.2 Å². The lowest BCUT2D eigenvalue weighted by molar-refractivity contribution is 0.414. The van der Waals surface area contributed by atoms with Gasteiger partial charge in [0.1, 0.15) is 5.75 Å². The lowest BCUT2D eigenvalue weighted by Crippen LogP contribution is -2.14. The maximum absolute atomic E-state index is 12.4. The molecule has 2 aromatic rings. The topological polar surface area (TPSA) is 55.4 Å². The van der Waals surface area contributed by atoms with Gasteiger partial charge in [-0.3, -0.25) is 4.72 Å². The molecule has 0 amide bonds. The molecule has 2 rings (SSSR count). The van der Waals surface area contributed by atoms with Crippen LogP contribution in [0.1, 0.15) is 12.5 Å². The van der Waals surface area contributed by atoms with Crippen molar-refractivity contribution in [2.45, 2.75) is 18.2 Å². The Morgan fingerprint density at radius 1 is 1.14 bits per heavy atom. The number of anilines is 1. The summed E-state index contributed by atoms with van der Waals surface area (Å²) < 4.78 is 33.4. The average molecular weight is 370 g/mol. The minimum atomic E-state index is -3.60. The summed E-state index contributed by atoms with van der Waals surface area (Å²) in [5.41, 5.74) is 1.53. The Kier molecular flexibility index (Phi) is 4.90. The van der Waals surface area contributed by atoms with Crippen LogP contribution in [0.4, 0.5) is 5.69 Å². The molecule has 0 saturated heterocycles. The average Bonchev–Trinajstić information content (AvgIpc) is 2.49. The highest BCUT2D eigenvalue weighted by Gasteiger charge is 2.15. The van der Waals surface area contributed by atoms with Crippen LogP contribution >= 0.6 is 15.9 Å². The van der Waals surface area contributed by atoms with Crippen LogP contribution in [0.2, 0.25) is 0 Å². The predicted octanol–water partition coefficient (Wildman–Crippen LogP) is 3.82. The number of hydrogen-bond donors (Lipinski definition) is 1. The molecule has 0 aliphatic heterocycles. The van der Waals surface area contributed by atoms with Crippen LogP contribution in [0.5, 0.6) is 5.75 Å². The fraction of sp³-hybridized carbons (Fsp3) is 0.200. The summed E-state index contributed by atoms with van der Waals surface area (Å²) in [7, 11) is -2.07. The second kappa shape index (κ2) is 6.49. The van der Waals surface area contributed by atoms with Crippen molar-refractivity contribution in [3.8, 4) is 5.75 Å². The van der Waals surface area contributed by atoms with Crippen molar-refractivity contribution in [3.05, 3.63) is 52.5 Å². The van der Waals surface area contributed by atoms with E-state index in [-0.39, 0.29) is 4.90 Å². The molecule has 21 heavy (non-hydrogen) atoms. The van der Waals surface area contributed by atoms with Gasteiger partial charge in [0.2, 0.25) is 0 Å². The SMILES string of the molecule is CCc1cc(Br)ccc1NS(=O)(=O)c1ccc(OC)cc1. The van der Waals surface area contributed by atoms with Gasteiger partial charge in [0.15, 0.2) is 0 Å². The predicted molar refractivity (Wildman–Crippen MR) is 87.3 cm³/mol. The highest BCUT2D eigenvalue weighted by atomic mass is 79.9. The lowest BCUT2D eigenvalue weighted by atomic mass is 10.1. The Balaban J connectivity index is 2.32. The zero-order valence-electron chi connectivity index (χ0n) is 11.8. The number of benzene rings is 2. The lowest BCUT2D eigenvalue weighted by Gasteiger charge is -2.12. The number of halogens is 1. The normalized spacial score (nSPS) is 11.2. The second-order valence-electron chi connectivity index (χ2n) is 4.44. The molecule has 2 aromatic carbocycles. The number of rotatable bonds is 5. The summed E-state index contributed by atoms with van der Waals surface area (Å²) in [6.45, 7) is 1.98. The van der Waals surface area contributed by atoms with E-state index in [0.29, 0.717) is 11.4 Å². The molecule has 0 radical (unpaired) electrons. The molecule has 0 heterocycles. The van der Waals surface area contributed by atoms with E-state index in [1.54, 1.807) is 18.2 Å². The first-order valence-corrected chi connectivity index (χ1v) is 8.69. The summed E-state index contributed by atoms with van der Waals surface area (Å²) in [6.07, 6.45) is 0.736. The molecule has 0 bridgehead atoms. The summed E-state index contributed by atoms with van der Waals surface area (Å²) in [5.74, 6) is 0.617. The number of nitrogens with one attached hydrogen (secondary N) is 1. The first-order valence-electron chi connectivity index (χ1n) is 6.41. The second-order valence-corrected chi connectivity index (χ2v) is 7.03. The zero-order chi connectivity index (χ0) is 15.5. The van der Waals surface area contributed by atoms with E-state index < -0.39 is 10.0 Å². The molecule has 6 heteroatoms. The standard InChI is InChI=1S/C15H16BrNO3S/c1-3-11-10-12(16)4-9-15(11)17-21(18,19)14-7-5-13(20-2)6-8-14/h4-10,17H,3H2,1-2H3. The Morgan fingerprint density at radius 3 is 2.38 bits per heavy atom. The van der Waals surface area contributed by atoms with Crippen molar-refractivity contribution in [2.75, 3.05) is 11.8 Å². The molecule has 0 atom stereocenters. The van der Waals surface area contributed by atoms with Crippen molar-refractivity contribution in [1.29, 1.82) is 0 Å². The quantitative estimate of drug-likeness (QED) is 0.871. The highest BCUT2D eigenvalue weighted by Crippen LogP contribution is 2.25. The molecule has 112 valence electrons. The smallest absolute Gasteiger partial charge is 0.261 e. The molecular formula is C15H16BrNO3S. The van der Waals surface area contributed by atoms with Gasteiger partial charge >= 0.3 is 0 Å². The van der Waals surface area contributed by atoms with Crippen LogP contribution in [-0.4, -0.2) is 15.5 Å². The molecular weight excluding hydrogens is 354 g/mol. The van der Waals surface area contributed by atoms with Crippen LogP contribution in [0, 0.1) is 0 Å². The van der Waals surface area contributed by atoms with Gasteiger partial charge in [-0.1, -0.05) is 22.9 Å². The summed E-state index contributed by atoms with van der Waals surface area (Å²) in [6, 6.07) is 11.8. The Morgan fingerprint density at radius 2 is 1.81 bits per heavy atom. The summed E-state index contributed by atoms with van der Waals surface area (Å²) in [4.78, 5) is 0.202. The maximum Gasteiger partial charge on any atom is 0.261 e. The third-order valence-electron chi connectivity index (χ3n) is 3.06. The van der Waals surface area contributed by atoms with Crippen LogP contribution < -0.4 is 9.46 Å². The molecule has 0 saturated carbocycles. The fourth-order valence-corrected chi connectivity index (χ4v) is 3.42. The van der Waals surface area contributed by atoms with Crippen molar-refractivity contribution in [3.63, 3.8) is 0 Å². The van der Waals surface area contributed by atoms with Gasteiger partial charge in [-0.05, 0) is 54.4 Å². The molecule has 1 N–H and O–H groups in total. The van der Waals surface area contributed by atoms with E-state index in [2.05, 4.69) is 20.7 Å². The molecule has 0 fully saturated rings. The monoisotopic (exact) mass is 369 g/mol. The van der Waals surface area contributed by atoms with E-state index in [0.717, 1.165) is 16.5 Å². The Bertz CT molecular complexity index is 727. The third kappa shape index (κ3) is 3.77. The minimum absolute atomic E-state index is 0.202. The molecule has 4 nitrogen and oxygen atoms in total. The van der Waals surface area contributed by atoms with Crippen molar-refractivity contribution in [1.82, 2.24) is 0 Å². The van der Waals surface area contributed by atoms with Crippen LogP contribution in [0.15, 0.2) is 51.8 Å². The van der Waals surface area contributed by atoms with E-state index in [4.69, 9.17) is 4.74 Å². The van der Waals surface area contributed by atoms with Crippen molar-refractivity contribution in [2.24, 2.45) is 0 Å². The highest BCUT2D eigenvalue weighted by molar-refractivity contribution is 9.10. The van der Waals surface area contributed by atoms with Crippen LogP contribution in [0.25, 0.3) is 0 Å². The van der Waals surface area contributed by atoms with E-state index >= 15 is 0 Å². The molecule has 0 aliphatic carbocycles. The van der Waals surface area contributed by atoms with Crippen molar-refractivity contribution >= 4 is 31.6 Å². The van der Waals surface area contributed by atoms with E-state index in [9.17, 15) is 8.42 Å². The molecule has 0 aromatic heterocycles. The fourth-order valence-electron chi connectivity index (χ4n) is 1.91. The van der Waals surface area contributed by atoms with Crippen molar-refractivity contribution < 1.29 is 13.2 Å². The Hall–Kier alpha value is -1.53. The zero-order valence-corrected chi connectivity index (χ0v) is 14.2. The third-order valence-corrected chi connectivity index (χ3v) is 4.94. The van der Waals surface area contributed by atoms with Gasteiger partial charge in [0.25, 0.3) is 10.0 Å². The van der Waals surface area contributed by atoms with Gasteiger partial charge in [0, 0.05) is 4.47 Å². The van der Waals surface area contributed by atoms with Gasteiger partial charge in [-0.2, -0.15) is 0 Å². The number of methoxy groups -OCH3 is 1. The molecule has 0 aliphatic rings. The number of sulfonamides is 1. The molecule has 0 unspecified atom stereocenters. The van der Waals surface area contributed by atoms with Crippen LogP contribution in [-0.2, 0) is 16.4 Å². The number of ether oxygens (including phenoxy) is 1. The molecule has 0 spiro atoms. The maximum atomic E-state index is 12.4. The minimum Gasteiger partial charge on any atom is -0.497 e. The first kappa shape index (κ1) is 15.9. The van der Waals surface area contributed by atoms with Gasteiger partial charge < -0.3 is 4.74 Å². The number of aryl methyl sites for hydroxylation is 1. The first-order chi connectivity index (χ1) is 9.96. The largest absolute Gasteiger partial charge is 0.497 e. The summed E-state index contributed by atoms with van der Waals surface area (Å²) in [5, 5.41) is 0. The van der Waals surface area contributed by atoms with Crippen LogP contribution in [0.3, 0.4) is 0 Å². The van der Waals surface area contributed by atoms with E-state index in [1.807, 2.05) is 19.1 Å². The van der Waals surface area contributed by atoms with Gasteiger partial charge in [-0.15, -0.1) is 0 Å². The number of hydrogen-bond acceptors (Lipinski definition) is 3. The van der Waals surface area contributed by atoms with Gasteiger partial charge in [0.05, 0.1) is 17.7 Å². The Labute approximate surface area is 133 Å². The van der Waals surface area contributed by atoms with Gasteiger partial charge in [-0.25, -0.2) is 8.42 Å². The summed E-state index contributed by atoms with van der Waals surface area (Å²) >= 11 is 3.39.